The maximum absolute atomic E-state index is 11.4. The summed E-state index contributed by atoms with van der Waals surface area (Å²) in [6, 6.07) is 4.24. The molecule has 0 amide bonds. The lowest BCUT2D eigenvalue weighted by Crippen LogP contribution is -2.26. The summed E-state index contributed by atoms with van der Waals surface area (Å²) < 4.78 is 10.8. The van der Waals surface area contributed by atoms with E-state index in [1.54, 1.807) is 12.4 Å². The van der Waals surface area contributed by atoms with Gasteiger partial charge in [-0.2, -0.15) is 0 Å². The standard InChI is InChI=1S/C25H30N2O3/c1-5-29-24(28)9-7-6-8-20-16-27-21(17-26-20)11-10-19-15-22-23(14-18(19)2)30-13-12-25(22,3)4/h14-17H,5-9,12-13H2,1-4H3. The maximum atomic E-state index is 11.4. The lowest BCUT2D eigenvalue weighted by molar-refractivity contribution is -0.143. The molecule has 1 aliphatic heterocycles. The normalized spacial score (nSPS) is 14.1. The molecule has 0 aliphatic carbocycles. The van der Waals surface area contributed by atoms with Crippen molar-refractivity contribution in [2.75, 3.05) is 13.2 Å². The number of carbonyl (C=O) groups excluding carboxylic acids is 1. The molecule has 0 N–H and O–H groups in total. The lowest BCUT2D eigenvalue weighted by Gasteiger charge is -2.33. The first-order valence-electron chi connectivity index (χ1n) is 10.7. The average molecular weight is 407 g/mol. The molecular formula is C25H30N2O3. The molecule has 30 heavy (non-hydrogen) atoms. The molecule has 1 aromatic heterocycles. The highest BCUT2D eigenvalue weighted by Gasteiger charge is 2.29. The van der Waals surface area contributed by atoms with E-state index in [-0.39, 0.29) is 11.4 Å². The first-order chi connectivity index (χ1) is 14.4. The van der Waals surface area contributed by atoms with E-state index in [9.17, 15) is 4.79 Å². The number of aromatic nitrogens is 2. The molecule has 3 rings (SSSR count). The second-order valence-corrected chi connectivity index (χ2v) is 8.30. The van der Waals surface area contributed by atoms with Crippen LogP contribution in [0, 0.1) is 18.8 Å². The summed E-state index contributed by atoms with van der Waals surface area (Å²) >= 11 is 0. The number of benzene rings is 1. The van der Waals surface area contributed by atoms with Crippen LogP contribution in [0.4, 0.5) is 0 Å². The van der Waals surface area contributed by atoms with Crippen LogP contribution in [0.15, 0.2) is 24.5 Å². The van der Waals surface area contributed by atoms with Gasteiger partial charge in [-0.1, -0.05) is 19.8 Å². The second-order valence-electron chi connectivity index (χ2n) is 8.30. The van der Waals surface area contributed by atoms with Gasteiger partial charge in [0.05, 0.1) is 25.1 Å². The monoisotopic (exact) mass is 406 g/mol. The summed E-state index contributed by atoms with van der Waals surface area (Å²) in [5.41, 5.74) is 4.97. The minimum Gasteiger partial charge on any atom is -0.493 e. The largest absolute Gasteiger partial charge is 0.493 e. The van der Waals surface area contributed by atoms with Crippen molar-refractivity contribution < 1.29 is 14.3 Å². The third kappa shape index (κ3) is 5.60. The minimum absolute atomic E-state index is 0.0897. The average Bonchev–Trinajstić information content (AvgIpc) is 2.71. The van der Waals surface area contributed by atoms with E-state index in [4.69, 9.17) is 9.47 Å². The molecule has 0 unspecified atom stereocenters. The summed E-state index contributed by atoms with van der Waals surface area (Å²) in [5, 5.41) is 0. The molecule has 0 atom stereocenters. The molecule has 0 spiro atoms. The van der Waals surface area contributed by atoms with Crippen molar-refractivity contribution in [2.45, 2.75) is 65.2 Å². The summed E-state index contributed by atoms with van der Waals surface area (Å²) in [6.45, 7) is 9.56. The topological polar surface area (TPSA) is 61.3 Å². The van der Waals surface area contributed by atoms with Gasteiger partial charge in [0.25, 0.3) is 0 Å². The van der Waals surface area contributed by atoms with Crippen LogP contribution in [-0.4, -0.2) is 29.2 Å². The van der Waals surface area contributed by atoms with Crippen molar-refractivity contribution in [3.8, 4) is 17.6 Å². The molecular weight excluding hydrogens is 376 g/mol. The first-order valence-corrected chi connectivity index (χ1v) is 10.7. The molecule has 0 fully saturated rings. The highest BCUT2D eigenvalue weighted by molar-refractivity contribution is 5.69. The van der Waals surface area contributed by atoms with E-state index < -0.39 is 0 Å². The summed E-state index contributed by atoms with van der Waals surface area (Å²) in [6.07, 6.45) is 7.40. The molecule has 0 bridgehead atoms. The summed E-state index contributed by atoms with van der Waals surface area (Å²) in [4.78, 5) is 20.2. The third-order valence-electron chi connectivity index (χ3n) is 5.44. The van der Waals surface area contributed by atoms with Crippen molar-refractivity contribution in [3.05, 3.63) is 52.6 Å². The number of aryl methyl sites for hydroxylation is 2. The molecule has 2 heterocycles. The van der Waals surface area contributed by atoms with Crippen LogP contribution in [0.2, 0.25) is 0 Å². The molecule has 0 saturated carbocycles. The maximum Gasteiger partial charge on any atom is 0.305 e. The van der Waals surface area contributed by atoms with Crippen LogP contribution < -0.4 is 4.74 Å². The third-order valence-corrected chi connectivity index (χ3v) is 5.44. The fraction of sp³-hybridized carbons (Fsp3) is 0.480. The van der Waals surface area contributed by atoms with Crippen LogP contribution in [0.3, 0.4) is 0 Å². The number of ether oxygens (including phenoxy) is 2. The van der Waals surface area contributed by atoms with E-state index >= 15 is 0 Å². The quantitative estimate of drug-likeness (QED) is 0.401. The number of hydrogen-bond acceptors (Lipinski definition) is 5. The van der Waals surface area contributed by atoms with Gasteiger partial charge in [-0.3, -0.25) is 9.78 Å². The Morgan fingerprint density at radius 3 is 2.77 bits per heavy atom. The fourth-order valence-corrected chi connectivity index (χ4v) is 3.50. The second kappa shape index (κ2) is 9.75. The Hall–Kier alpha value is -2.87. The van der Waals surface area contributed by atoms with E-state index in [1.807, 2.05) is 6.92 Å². The van der Waals surface area contributed by atoms with Crippen LogP contribution in [0.25, 0.3) is 0 Å². The van der Waals surface area contributed by atoms with Crippen LogP contribution >= 0.6 is 0 Å². The number of hydrogen-bond donors (Lipinski definition) is 0. The Balaban J connectivity index is 1.62. The molecule has 2 aromatic rings. The first kappa shape index (κ1) is 21.8. The zero-order valence-corrected chi connectivity index (χ0v) is 18.4. The van der Waals surface area contributed by atoms with Gasteiger partial charge in [0.2, 0.25) is 0 Å². The fourth-order valence-electron chi connectivity index (χ4n) is 3.50. The van der Waals surface area contributed by atoms with Gasteiger partial charge < -0.3 is 9.47 Å². The highest BCUT2D eigenvalue weighted by atomic mass is 16.5. The van der Waals surface area contributed by atoms with Crippen molar-refractivity contribution in [1.29, 1.82) is 0 Å². The minimum atomic E-state index is -0.137. The molecule has 0 radical (unpaired) electrons. The van der Waals surface area contributed by atoms with E-state index in [2.05, 4.69) is 54.7 Å². The van der Waals surface area contributed by atoms with E-state index in [1.165, 1.54) is 5.56 Å². The number of esters is 1. The Bertz CT molecular complexity index is 953. The number of fused-ring (bicyclic) bond motifs is 1. The molecule has 0 saturated heterocycles. The van der Waals surface area contributed by atoms with Crippen LogP contribution in [0.1, 0.15) is 74.5 Å². The van der Waals surface area contributed by atoms with Gasteiger partial charge in [-0.05, 0) is 68.6 Å². The summed E-state index contributed by atoms with van der Waals surface area (Å²) in [7, 11) is 0. The Morgan fingerprint density at radius 1 is 1.20 bits per heavy atom. The van der Waals surface area contributed by atoms with Crippen molar-refractivity contribution in [1.82, 2.24) is 9.97 Å². The van der Waals surface area contributed by atoms with Gasteiger partial charge in [0.15, 0.2) is 0 Å². The number of nitrogens with zero attached hydrogens (tertiary/aromatic N) is 2. The molecule has 1 aromatic carbocycles. The highest BCUT2D eigenvalue weighted by Crippen LogP contribution is 2.39. The lowest BCUT2D eigenvalue weighted by atomic mass is 9.78. The zero-order chi connectivity index (χ0) is 21.6. The van der Waals surface area contributed by atoms with Crippen LogP contribution in [-0.2, 0) is 21.4 Å². The molecule has 5 nitrogen and oxygen atoms in total. The van der Waals surface area contributed by atoms with E-state index in [0.717, 1.165) is 54.9 Å². The smallest absolute Gasteiger partial charge is 0.305 e. The van der Waals surface area contributed by atoms with Crippen molar-refractivity contribution >= 4 is 5.97 Å². The Morgan fingerprint density at radius 2 is 2.03 bits per heavy atom. The van der Waals surface area contributed by atoms with E-state index in [0.29, 0.717) is 18.7 Å². The SMILES string of the molecule is CCOC(=O)CCCCc1cnc(C#Cc2cc3c(cc2C)OCCC3(C)C)cn1. The number of unbranched alkanes of at least 4 members (excludes halogenated alkanes) is 1. The Labute approximate surface area is 179 Å². The number of rotatable bonds is 6. The van der Waals surface area contributed by atoms with Gasteiger partial charge in [0, 0.05) is 23.7 Å². The van der Waals surface area contributed by atoms with Gasteiger partial charge in [-0.25, -0.2) is 4.98 Å². The molecule has 158 valence electrons. The van der Waals surface area contributed by atoms with Gasteiger partial charge in [-0.15, -0.1) is 0 Å². The Kier molecular flexibility index (Phi) is 7.10. The van der Waals surface area contributed by atoms with Crippen molar-refractivity contribution in [3.63, 3.8) is 0 Å². The predicted octanol–water partition coefficient (Wildman–Crippen LogP) is 4.52. The predicted molar refractivity (Wildman–Crippen MR) is 117 cm³/mol. The zero-order valence-electron chi connectivity index (χ0n) is 18.4. The molecule has 1 aliphatic rings. The van der Waals surface area contributed by atoms with Gasteiger partial charge in [0.1, 0.15) is 11.4 Å². The number of carbonyl (C=O) groups is 1. The molecule has 5 heteroatoms. The van der Waals surface area contributed by atoms with Crippen LogP contribution in [0.5, 0.6) is 5.75 Å². The van der Waals surface area contributed by atoms with Gasteiger partial charge >= 0.3 is 5.97 Å². The summed E-state index contributed by atoms with van der Waals surface area (Å²) in [5.74, 6) is 7.22. The van der Waals surface area contributed by atoms with Crippen molar-refractivity contribution in [2.24, 2.45) is 0 Å².